The summed E-state index contributed by atoms with van der Waals surface area (Å²) in [5, 5.41) is 2.60. The van der Waals surface area contributed by atoms with Crippen molar-refractivity contribution in [1.29, 1.82) is 0 Å². The van der Waals surface area contributed by atoms with Gasteiger partial charge >= 0.3 is 0 Å². The summed E-state index contributed by atoms with van der Waals surface area (Å²) < 4.78 is 28.0. The lowest BCUT2D eigenvalue weighted by atomic mass is 10.1. The molecule has 0 aliphatic rings. The Hall–Kier alpha value is -1.44. The predicted molar refractivity (Wildman–Crippen MR) is 85.7 cm³/mol. The van der Waals surface area contributed by atoms with Crippen LogP contribution in [0, 0.1) is 0 Å². The zero-order chi connectivity index (χ0) is 15.5. The maximum atomic E-state index is 12.6. The quantitative estimate of drug-likeness (QED) is 0.800. The number of nitrogens with zero attached hydrogens (tertiary/aromatic N) is 1. The molecule has 21 heavy (non-hydrogen) atoms. The number of rotatable bonds is 6. The fraction of sp³-hybridized carbons (Fsp3) is 0.357. The third-order valence-electron chi connectivity index (χ3n) is 3.22. The van der Waals surface area contributed by atoms with Gasteiger partial charge in [-0.05, 0) is 30.5 Å². The molecule has 1 aromatic heterocycles. The van der Waals surface area contributed by atoms with Crippen LogP contribution in [-0.4, -0.2) is 13.4 Å². The molecule has 0 bridgehead atoms. The van der Waals surface area contributed by atoms with Crippen molar-refractivity contribution in [3.8, 4) is 0 Å². The Morgan fingerprint density at radius 1 is 1.38 bits per heavy atom. The van der Waals surface area contributed by atoms with Crippen molar-refractivity contribution >= 4 is 27.0 Å². The minimum atomic E-state index is -3.63. The molecule has 0 aliphatic heterocycles. The van der Waals surface area contributed by atoms with Crippen LogP contribution in [0.1, 0.15) is 36.9 Å². The number of sulfonamides is 1. The van der Waals surface area contributed by atoms with Gasteiger partial charge in [-0.25, -0.2) is 18.1 Å². The average molecular weight is 325 g/mol. The number of nitrogens with one attached hydrogen (secondary N) is 1. The minimum Gasteiger partial charge on any atom is -0.399 e. The van der Waals surface area contributed by atoms with Gasteiger partial charge < -0.3 is 5.73 Å². The lowest BCUT2D eigenvalue weighted by molar-refractivity contribution is 0.548. The van der Waals surface area contributed by atoms with Gasteiger partial charge in [0.2, 0.25) is 10.0 Å². The maximum absolute atomic E-state index is 12.6. The fourth-order valence-electron chi connectivity index (χ4n) is 2.08. The molecule has 3 N–H and O–H groups in total. The van der Waals surface area contributed by atoms with Gasteiger partial charge in [0.1, 0.15) is 5.01 Å². The summed E-state index contributed by atoms with van der Waals surface area (Å²) in [5.41, 5.74) is 6.93. The summed E-state index contributed by atoms with van der Waals surface area (Å²) >= 11 is 1.44. The van der Waals surface area contributed by atoms with Crippen LogP contribution in [0.4, 0.5) is 5.69 Å². The Bertz CT molecular complexity index is 697. The summed E-state index contributed by atoms with van der Waals surface area (Å²) in [7, 11) is -3.63. The molecular weight excluding hydrogens is 306 g/mol. The molecule has 114 valence electrons. The Morgan fingerprint density at radius 3 is 2.71 bits per heavy atom. The van der Waals surface area contributed by atoms with E-state index in [0.717, 1.165) is 10.6 Å². The lowest BCUT2D eigenvalue weighted by Gasteiger charge is -2.17. The first kappa shape index (κ1) is 15.9. The van der Waals surface area contributed by atoms with Gasteiger partial charge in [0, 0.05) is 17.3 Å². The molecule has 0 saturated carbocycles. The zero-order valence-corrected chi connectivity index (χ0v) is 13.7. The van der Waals surface area contributed by atoms with Crippen LogP contribution in [0.5, 0.6) is 0 Å². The summed E-state index contributed by atoms with van der Waals surface area (Å²) in [5.74, 6) is 0. The molecule has 0 aliphatic carbocycles. The van der Waals surface area contributed by atoms with Crippen LogP contribution in [0.15, 0.2) is 34.7 Å². The standard InChI is InChI=1S/C14H19N3O2S2/c1-3-10-5-6-11(15)9-13(10)21(18,19)17-12(4-2)14-16-7-8-20-14/h5-9,12,17H,3-4,15H2,1-2H3. The number of hydrogen-bond donors (Lipinski definition) is 2. The second-order valence-corrected chi connectivity index (χ2v) is 7.28. The van der Waals surface area contributed by atoms with Crippen LogP contribution in [-0.2, 0) is 16.4 Å². The number of aryl methyl sites for hydroxylation is 1. The highest BCUT2D eigenvalue weighted by Gasteiger charge is 2.24. The first-order valence-corrected chi connectivity index (χ1v) is 9.14. The highest BCUT2D eigenvalue weighted by atomic mass is 32.2. The molecule has 0 saturated heterocycles. The molecule has 1 aromatic carbocycles. The van der Waals surface area contributed by atoms with E-state index >= 15 is 0 Å². The first-order valence-electron chi connectivity index (χ1n) is 6.78. The fourth-order valence-corrected chi connectivity index (χ4v) is 4.56. The van der Waals surface area contributed by atoms with Gasteiger partial charge in [0.15, 0.2) is 0 Å². The number of aromatic nitrogens is 1. The lowest BCUT2D eigenvalue weighted by Crippen LogP contribution is -2.29. The van der Waals surface area contributed by atoms with Gasteiger partial charge in [-0.1, -0.05) is 19.9 Å². The third kappa shape index (κ3) is 3.61. The van der Waals surface area contributed by atoms with Crippen molar-refractivity contribution in [2.24, 2.45) is 0 Å². The van der Waals surface area contributed by atoms with Gasteiger partial charge in [-0.3, -0.25) is 0 Å². The van der Waals surface area contributed by atoms with Gasteiger partial charge in [0.05, 0.1) is 10.9 Å². The summed E-state index contributed by atoms with van der Waals surface area (Å²) in [6.45, 7) is 3.84. The van der Waals surface area contributed by atoms with E-state index < -0.39 is 10.0 Å². The number of thiazole rings is 1. The number of nitrogen functional groups attached to an aromatic ring is 1. The Morgan fingerprint density at radius 2 is 2.14 bits per heavy atom. The van der Waals surface area contributed by atoms with Crippen LogP contribution >= 0.6 is 11.3 Å². The Kier molecular flexibility index (Phi) is 4.97. The normalized spacial score (nSPS) is 13.2. The van der Waals surface area contributed by atoms with E-state index in [1.54, 1.807) is 18.3 Å². The van der Waals surface area contributed by atoms with Crippen LogP contribution < -0.4 is 10.5 Å². The summed E-state index contributed by atoms with van der Waals surface area (Å²) in [6.07, 6.45) is 2.94. The van der Waals surface area contributed by atoms with Crippen molar-refractivity contribution in [1.82, 2.24) is 9.71 Å². The van der Waals surface area contributed by atoms with E-state index in [1.807, 2.05) is 19.2 Å². The van der Waals surface area contributed by atoms with Gasteiger partial charge in [-0.15, -0.1) is 11.3 Å². The molecule has 1 atom stereocenters. The first-order chi connectivity index (χ1) is 9.97. The van der Waals surface area contributed by atoms with Crippen molar-refractivity contribution in [2.75, 3.05) is 5.73 Å². The molecule has 0 fully saturated rings. The van der Waals surface area contributed by atoms with E-state index in [-0.39, 0.29) is 10.9 Å². The van der Waals surface area contributed by atoms with Crippen molar-refractivity contribution in [3.63, 3.8) is 0 Å². The number of hydrogen-bond acceptors (Lipinski definition) is 5. The molecule has 0 radical (unpaired) electrons. The maximum Gasteiger partial charge on any atom is 0.241 e. The minimum absolute atomic E-state index is 0.250. The topological polar surface area (TPSA) is 85.1 Å². The molecule has 2 rings (SSSR count). The van der Waals surface area contributed by atoms with Crippen molar-refractivity contribution in [3.05, 3.63) is 40.3 Å². The van der Waals surface area contributed by atoms with Gasteiger partial charge in [0.25, 0.3) is 0 Å². The zero-order valence-electron chi connectivity index (χ0n) is 12.0. The highest BCUT2D eigenvalue weighted by molar-refractivity contribution is 7.89. The van der Waals surface area contributed by atoms with E-state index in [9.17, 15) is 8.42 Å². The molecule has 0 amide bonds. The molecular formula is C14H19N3O2S2. The predicted octanol–water partition coefficient (Wildman–Crippen LogP) is 2.72. The molecule has 1 unspecified atom stereocenters. The number of nitrogens with two attached hydrogens (primary N) is 1. The second kappa shape index (κ2) is 6.55. The summed E-state index contributed by atoms with van der Waals surface area (Å²) in [6, 6.07) is 4.67. The molecule has 1 heterocycles. The van der Waals surface area contributed by atoms with Crippen LogP contribution in [0.3, 0.4) is 0 Å². The smallest absolute Gasteiger partial charge is 0.241 e. The van der Waals surface area contributed by atoms with Gasteiger partial charge in [-0.2, -0.15) is 0 Å². The van der Waals surface area contributed by atoms with E-state index in [4.69, 9.17) is 5.73 Å². The molecule has 5 nitrogen and oxygen atoms in total. The second-order valence-electron chi connectivity index (χ2n) is 4.67. The Balaban J connectivity index is 2.36. The molecule has 2 aromatic rings. The third-order valence-corrected chi connectivity index (χ3v) is 5.66. The highest BCUT2D eigenvalue weighted by Crippen LogP contribution is 2.25. The SMILES string of the molecule is CCc1ccc(N)cc1S(=O)(=O)NC(CC)c1nccs1. The monoisotopic (exact) mass is 325 g/mol. The van der Waals surface area contributed by atoms with Crippen LogP contribution in [0.25, 0.3) is 0 Å². The van der Waals surface area contributed by atoms with E-state index in [2.05, 4.69) is 9.71 Å². The molecule has 0 spiro atoms. The molecule has 7 heteroatoms. The Labute approximate surface area is 129 Å². The number of benzene rings is 1. The largest absolute Gasteiger partial charge is 0.399 e. The van der Waals surface area contributed by atoms with Crippen molar-refractivity contribution in [2.45, 2.75) is 37.6 Å². The average Bonchev–Trinajstić information content (AvgIpc) is 2.99. The number of anilines is 1. The van der Waals surface area contributed by atoms with Crippen LogP contribution in [0.2, 0.25) is 0 Å². The van der Waals surface area contributed by atoms with E-state index in [1.165, 1.54) is 17.4 Å². The van der Waals surface area contributed by atoms with E-state index in [0.29, 0.717) is 18.5 Å². The van der Waals surface area contributed by atoms with Crippen molar-refractivity contribution < 1.29 is 8.42 Å². The summed E-state index contributed by atoms with van der Waals surface area (Å²) in [4.78, 5) is 4.44.